The number of thiazole rings is 1. The second-order valence-electron chi connectivity index (χ2n) is 4.33. The minimum atomic E-state index is -0.699. The van der Waals surface area contributed by atoms with Gasteiger partial charge in [0.1, 0.15) is 0 Å². The Morgan fingerprint density at radius 2 is 2.36 bits per heavy atom. The lowest BCUT2D eigenvalue weighted by Crippen LogP contribution is -2.19. The molecule has 0 bridgehead atoms. The van der Waals surface area contributed by atoms with Gasteiger partial charge in [-0.3, -0.25) is 14.9 Å². The van der Waals surface area contributed by atoms with Crippen molar-refractivity contribution in [2.45, 2.75) is 13.3 Å². The topological polar surface area (TPSA) is 118 Å². The highest BCUT2D eigenvalue weighted by atomic mass is 32.1. The van der Waals surface area contributed by atoms with Gasteiger partial charge in [-0.05, 0) is 19.1 Å². The van der Waals surface area contributed by atoms with Crippen molar-refractivity contribution in [3.05, 3.63) is 50.0 Å². The maximum absolute atomic E-state index is 11.6. The number of nitrogens with one attached hydrogen (secondary N) is 1. The van der Waals surface area contributed by atoms with Crippen molar-refractivity contribution in [3.63, 3.8) is 0 Å². The van der Waals surface area contributed by atoms with Crippen molar-refractivity contribution in [2.24, 2.45) is 5.10 Å². The van der Waals surface area contributed by atoms with Crippen molar-refractivity contribution >= 4 is 29.1 Å². The third-order valence-corrected chi connectivity index (χ3v) is 3.43. The van der Waals surface area contributed by atoms with Crippen LogP contribution >= 0.6 is 11.3 Å². The van der Waals surface area contributed by atoms with Crippen LogP contribution in [0.15, 0.2) is 28.7 Å². The number of carbonyl (C=O) groups excluding carboxylic acids is 1. The van der Waals surface area contributed by atoms with Gasteiger partial charge in [-0.15, -0.1) is 11.3 Å². The maximum Gasteiger partial charge on any atom is 0.311 e. The highest BCUT2D eigenvalue weighted by molar-refractivity contribution is 7.09. The number of hydrogen-bond donors (Lipinski definition) is 2. The van der Waals surface area contributed by atoms with Crippen LogP contribution in [0.4, 0.5) is 5.69 Å². The Bertz CT molecular complexity index is 741. The molecule has 0 saturated heterocycles. The average molecular weight is 320 g/mol. The molecule has 2 aromatic rings. The summed E-state index contributed by atoms with van der Waals surface area (Å²) >= 11 is 1.46. The minimum absolute atomic E-state index is 0.109. The number of benzene rings is 1. The second kappa shape index (κ2) is 6.76. The molecule has 2 rings (SSSR count). The zero-order valence-electron chi connectivity index (χ0n) is 11.5. The molecule has 9 heteroatoms. The molecule has 1 amide bonds. The van der Waals surface area contributed by atoms with E-state index in [0.29, 0.717) is 11.3 Å². The number of nitrogens with zero attached hydrogens (tertiary/aromatic N) is 3. The lowest BCUT2D eigenvalue weighted by molar-refractivity contribution is -0.385. The smallest absolute Gasteiger partial charge is 0.311 e. The second-order valence-corrected chi connectivity index (χ2v) is 5.40. The normalized spacial score (nSPS) is 10.8. The van der Waals surface area contributed by atoms with Crippen molar-refractivity contribution in [1.82, 2.24) is 10.4 Å². The fraction of sp³-hybridized carbons (Fsp3) is 0.154. The molecule has 22 heavy (non-hydrogen) atoms. The van der Waals surface area contributed by atoms with E-state index in [9.17, 15) is 20.0 Å². The summed E-state index contributed by atoms with van der Waals surface area (Å²) in [6, 6.07) is 3.80. The minimum Gasteiger partial charge on any atom is -0.502 e. The van der Waals surface area contributed by atoms with Crippen molar-refractivity contribution in [2.75, 3.05) is 0 Å². The van der Waals surface area contributed by atoms with Gasteiger partial charge in [0.25, 0.3) is 0 Å². The third kappa shape index (κ3) is 4.09. The van der Waals surface area contributed by atoms with Gasteiger partial charge >= 0.3 is 5.69 Å². The van der Waals surface area contributed by atoms with Crippen LogP contribution in [0, 0.1) is 17.0 Å². The predicted octanol–water partition coefficient (Wildman–Crippen LogP) is 1.76. The summed E-state index contributed by atoms with van der Waals surface area (Å²) in [5.41, 5.74) is 2.94. The number of hydrogen-bond acceptors (Lipinski definition) is 7. The molecule has 0 aliphatic rings. The van der Waals surface area contributed by atoms with E-state index < -0.39 is 16.4 Å². The summed E-state index contributed by atoms with van der Waals surface area (Å²) in [5.74, 6) is -0.764. The van der Waals surface area contributed by atoms with Crippen LogP contribution in [0.25, 0.3) is 0 Å². The zero-order valence-corrected chi connectivity index (χ0v) is 12.3. The molecule has 8 nitrogen and oxygen atoms in total. The van der Waals surface area contributed by atoms with Crippen molar-refractivity contribution in [1.29, 1.82) is 0 Å². The molecule has 1 aromatic heterocycles. The van der Waals surface area contributed by atoms with Gasteiger partial charge in [-0.1, -0.05) is 0 Å². The van der Waals surface area contributed by atoms with Gasteiger partial charge in [0.2, 0.25) is 5.91 Å². The molecule has 2 N–H and O–H groups in total. The number of phenolic OH excluding ortho intramolecular Hbond substituents is 1. The number of hydrazone groups is 1. The number of aromatic hydroxyl groups is 1. The van der Waals surface area contributed by atoms with Gasteiger partial charge in [-0.25, -0.2) is 10.4 Å². The Kier molecular flexibility index (Phi) is 4.79. The molecule has 0 fully saturated rings. The van der Waals surface area contributed by atoms with Crippen molar-refractivity contribution < 1.29 is 14.8 Å². The number of aromatic nitrogens is 1. The van der Waals surface area contributed by atoms with Gasteiger partial charge in [0.15, 0.2) is 5.75 Å². The van der Waals surface area contributed by atoms with Crippen LogP contribution in [0.2, 0.25) is 0 Å². The quantitative estimate of drug-likeness (QED) is 0.494. The first-order valence-corrected chi connectivity index (χ1v) is 7.04. The Balaban J connectivity index is 1.96. The summed E-state index contributed by atoms with van der Waals surface area (Å²) in [6.45, 7) is 1.85. The molecular formula is C13H12N4O4S. The summed E-state index contributed by atoms with van der Waals surface area (Å²) in [6.07, 6.45) is 1.37. The number of nitro groups is 1. The van der Waals surface area contributed by atoms with Crippen LogP contribution in [0.1, 0.15) is 16.3 Å². The largest absolute Gasteiger partial charge is 0.502 e. The molecule has 0 radical (unpaired) electrons. The van der Waals surface area contributed by atoms with Gasteiger partial charge in [0.05, 0.1) is 28.3 Å². The first kappa shape index (κ1) is 15.6. The number of aryl methyl sites for hydroxylation is 1. The van der Waals surface area contributed by atoms with E-state index >= 15 is 0 Å². The average Bonchev–Trinajstić information content (AvgIpc) is 2.85. The predicted molar refractivity (Wildman–Crippen MR) is 81.1 cm³/mol. The van der Waals surface area contributed by atoms with E-state index in [0.717, 1.165) is 11.1 Å². The third-order valence-electron chi connectivity index (χ3n) is 2.61. The summed E-state index contributed by atoms with van der Waals surface area (Å²) < 4.78 is 0. The number of phenols is 1. The first-order chi connectivity index (χ1) is 10.5. The summed E-state index contributed by atoms with van der Waals surface area (Å²) in [7, 11) is 0. The van der Waals surface area contributed by atoms with Gasteiger partial charge in [-0.2, -0.15) is 5.10 Å². The maximum atomic E-state index is 11.6. The summed E-state index contributed by atoms with van der Waals surface area (Å²) in [4.78, 5) is 25.8. The number of nitro benzene ring substituents is 1. The van der Waals surface area contributed by atoms with Crippen LogP contribution < -0.4 is 5.43 Å². The highest BCUT2D eigenvalue weighted by Crippen LogP contribution is 2.25. The van der Waals surface area contributed by atoms with Gasteiger partial charge < -0.3 is 5.11 Å². The van der Waals surface area contributed by atoms with Crippen LogP contribution in [0.3, 0.4) is 0 Å². The number of rotatable bonds is 5. The molecule has 114 valence electrons. The molecule has 0 aliphatic carbocycles. The standard InChI is InChI=1S/C13H12N4O4S/c1-8-15-10(7-22-8)5-13(19)16-14-6-9-2-3-12(18)11(4-9)17(20)21/h2-4,6-7,18H,5H2,1H3,(H,16,19)/b14-6-. The van der Waals surface area contributed by atoms with E-state index in [4.69, 9.17) is 0 Å². The summed E-state index contributed by atoms with van der Waals surface area (Å²) in [5, 5.41) is 26.4. The van der Waals surface area contributed by atoms with Crippen LogP contribution in [-0.4, -0.2) is 27.1 Å². The molecule has 0 spiro atoms. The van der Waals surface area contributed by atoms with Crippen molar-refractivity contribution in [3.8, 4) is 5.75 Å². The fourth-order valence-electron chi connectivity index (χ4n) is 1.64. The number of amides is 1. The lowest BCUT2D eigenvalue weighted by Gasteiger charge is -1.98. The first-order valence-electron chi connectivity index (χ1n) is 6.16. The fourth-order valence-corrected chi connectivity index (χ4v) is 2.25. The highest BCUT2D eigenvalue weighted by Gasteiger charge is 2.12. The Morgan fingerprint density at radius 1 is 1.59 bits per heavy atom. The Morgan fingerprint density at radius 3 is 3.00 bits per heavy atom. The van der Waals surface area contributed by atoms with Crippen LogP contribution in [-0.2, 0) is 11.2 Å². The SMILES string of the molecule is Cc1nc(CC(=O)N/N=C\c2ccc(O)c([N+](=O)[O-])c2)cs1. The molecular weight excluding hydrogens is 308 g/mol. The number of carbonyl (C=O) groups is 1. The monoisotopic (exact) mass is 320 g/mol. The lowest BCUT2D eigenvalue weighted by atomic mass is 10.2. The molecule has 0 saturated carbocycles. The molecule has 1 heterocycles. The molecule has 1 aromatic carbocycles. The Hall–Kier alpha value is -2.81. The van der Waals surface area contributed by atoms with E-state index in [2.05, 4.69) is 15.5 Å². The van der Waals surface area contributed by atoms with Crippen LogP contribution in [0.5, 0.6) is 5.75 Å². The molecule has 0 atom stereocenters. The van der Waals surface area contributed by atoms with E-state index in [-0.39, 0.29) is 12.3 Å². The zero-order chi connectivity index (χ0) is 16.1. The molecule has 0 aliphatic heterocycles. The Labute approximate surface area is 129 Å². The molecule has 0 unspecified atom stereocenters. The van der Waals surface area contributed by atoms with E-state index in [1.807, 2.05) is 6.92 Å². The van der Waals surface area contributed by atoms with Gasteiger partial charge in [0, 0.05) is 17.0 Å². The van der Waals surface area contributed by atoms with E-state index in [1.165, 1.54) is 29.7 Å². The van der Waals surface area contributed by atoms with E-state index in [1.54, 1.807) is 5.38 Å².